The van der Waals surface area contributed by atoms with Crippen LogP contribution >= 0.6 is 0 Å². The lowest BCUT2D eigenvalue weighted by Crippen LogP contribution is -2.46. The highest BCUT2D eigenvalue weighted by atomic mass is 32.2. The van der Waals surface area contributed by atoms with Crippen molar-refractivity contribution in [2.24, 2.45) is 7.05 Å². The molecule has 1 fully saturated rings. The van der Waals surface area contributed by atoms with Crippen LogP contribution in [0.4, 0.5) is 0 Å². The fourth-order valence-electron chi connectivity index (χ4n) is 4.18. The minimum Gasteiger partial charge on any atom is -0.487 e. The summed E-state index contributed by atoms with van der Waals surface area (Å²) >= 11 is 0. The average molecular weight is 391 g/mol. The second-order valence-electron chi connectivity index (χ2n) is 7.25. The Morgan fingerprint density at radius 3 is 2.74 bits per heavy atom. The van der Waals surface area contributed by atoms with E-state index in [1.54, 1.807) is 22.5 Å². The van der Waals surface area contributed by atoms with E-state index in [0.717, 1.165) is 32.5 Å². The minimum atomic E-state index is -3.55. The van der Waals surface area contributed by atoms with E-state index in [1.807, 2.05) is 37.1 Å². The van der Waals surface area contributed by atoms with Crippen molar-refractivity contribution in [1.82, 2.24) is 19.0 Å². The Labute approximate surface area is 160 Å². The van der Waals surface area contributed by atoms with E-state index < -0.39 is 10.0 Å². The zero-order valence-corrected chi connectivity index (χ0v) is 16.6. The highest BCUT2D eigenvalue weighted by Crippen LogP contribution is 2.36. The van der Waals surface area contributed by atoms with E-state index in [0.29, 0.717) is 12.3 Å². The quantitative estimate of drug-likeness (QED) is 0.800. The Morgan fingerprint density at radius 1 is 1.22 bits per heavy atom. The fourth-order valence-corrected chi connectivity index (χ4v) is 6.00. The van der Waals surface area contributed by atoms with Gasteiger partial charge in [-0.3, -0.25) is 9.58 Å². The first-order valence-electron chi connectivity index (χ1n) is 9.46. The summed E-state index contributed by atoms with van der Waals surface area (Å²) in [6, 6.07) is 6.85. The van der Waals surface area contributed by atoms with E-state index >= 15 is 0 Å². The van der Waals surface area contributed by atoms with Gasteiger partial charge in [0, 0.05) is 45.0 Å². The van der Waals surface area contributed by atoms with Crippen molar-refractivity contribution >= 4 is 10.0 Å². The number of nitrogens with zero attached hydrogens (tertiary/aromatic N) is 4. The first kappa shape index (κ1) is 18.5. The van der Waals surface area contributed by atoms with Gasteiger partial charge in [0.1, 0.15) is 16.7 Å². The molecule has 1 aromatic carbocycles. The number of ether oxygens (including phenoxy) is 1. The number of rotatable bonds is 3. The summed E-state index contributed by atoms with van der Waals surface area (Å²) < 4.78 is 36.1. The van der Waals surface area contributed by atoms with Gasteiger partial charge in [-0.1, -0.05) is 19.1 Å². The summed E-state index contributed by atoms with van der Waals surface area (Å²) in [7, 11) is -1.64. The SMILES string of the molecule is CCN1[C@H]2CCN(Cc3cnn(C)c3)CC[C@@H]2Oc2ccccc2S1(=O)=O. The van der Waals surface area contributed by atoms with Gasteiger partial charge in [0.2, 0.25) is 10.0 Å². The summed E-state index contributed by atoms with van der Waals surface area (Å²) in [4.78, 5) is 2.65. The first-order chi connectivity index (χ1) is 13.0. The molecular formula is C19H26N4O3S. The van der Waals surface area contributed by atoms with Crippen LogP contribution in [0, 0.1) is 0 Å². The molecule has 27 heavy (non-hydrogen) atoms. The lowest BCUT2D eigenvalue weighted by Gasteiger charge is -2.30. The molecule has 0 unspecified atom stereocenters. The molecule has 1 aromatic heterocycles. The van der Waals surface area contributed by atoms with E-state index in [9.17, 15) is 8.42 Å². The van der Waals surface area contributed by atoms with Crippen molar-refractivity contribution in [2.75, 3.05) is 19.6 Å². The molecule has 7 nitrogen and oxygen atoms in total. The van der Waals surface area contributed by atoms with E-state index in [2.05, 4.69) is 10.00 Å². The van der Waals surface area contributed by atoms with Crippen LogP contribution in [0.15, 0.2) is 41.6 Å². The molecule has 0 radical (unpaired) electrons. The van der Waals surface area contributed by atoms with Crippen molar-refractivity contribution in [3.63, 3.8) is 0 Å². The summed E-state index contributed by atoms with van der Waals surface area (Å²) in [5.74, 6) is 0.476. The van der Waals surface area contributed by atoms with Gasteiger partial charge in [0.25, 0.3) is 0 Å². The monoisotopic (exact) mass is 390 g/mol. The number of sulfonamides is 1. The zero-order valence-electron chi connectivity index (χ0n) is 15.8. The fraction of sp³-hybridized carbons (Fsp3) is 0.526. The number of para-hydroxylation sites is 1. The highest BCUT2D eigenvalue weighted by Gasteiger charge is 2.42. The number of aryl methyl sites for hydroxylation is 1. The predicted octanol–water partition coefficient (Wildman–Crippen LogP) is 1.86. The standard InChI is InChI=1S/C19H26N4O3S/c1-3-23-16-8-10-22(14-15-12-20-21(2)13-15)11-9-17(16)26-18-6-4-5-7-19(18)27(23,24)25/h4-7,12-13,16-17H,3,8-11,14H2,1-2H3/t16-,17-/m0/s1. The largest absolute Gasteiger partial charge is 0.487 e. The molecule has 0 saturated carbocycles. The molecule has 146 valence electrons. The molecule has 4 rings (SSSR count). The Kier molecular flexibility index (Phi) is 4.96. The molecule has 0 aliphatic carbocycles. The summed E-state index contributed by atoms with van der Waals surface area (Å²) in [5.41, 5.74) is 1.17. The molecule has 0 spiro atoms. The molecule has 2 aliphatic heterocycles. The molecule has 2 aliphatic rings. The van der Waals surface area contributed by atoms with Crippen molar-refractivity contribution in [3.8, 4) is 5.75 Å². The lowest BCUT2D eigenvalue weighted by atomic mass is 10.1. The Morgan fingerprint density at radius 2 is 2.00 bits per heavy atom. The van der Waals surface area contributed by atoms with Crippen LogP contribution in [0.2, 0.25) is 0 Å². The van der Waals surface area contributed by atoms with Crippen LogP contribution in [0.25, 0.3) is 0 Å². The molecule has 2 aromatic rings. The van der Waals surface area contributed by atoms with Crippen molar-refractivity contribution < 1.29 is 13.2 Å². The number of likely N-dealkylation sites (N-methyl/N-ethyl adjacent to an activating group) is 1. The molecule has 8 heteroatoms. The third kappa shape index (κ3) is 3.49. The van der Waals surface area contributed by atoms with Gasteiger partial charge in [-0.15, -0.1) is 0 Å². The smallest absolute Gasteiger partial charge is 0.247 e. The maximum absolute atomic E-state index is 13.2. The number of benzene rings is 1. The minimum absolute atomic E-state index is 0.137. The van der Waals surface area contributed by atoms with Crippen LogP contribution < -0.4 is 4.74 Å². The Hall–Kier alpha value is -1.90. The second kappa shape index (κ2) is 7.26. The van der Waals surface area contributed by atoms with Gasteiger partial charge in [-0.25, -0.2) is 8.42 Å². The van der Waals surface area contributed by atoms with Gasteiger partial charge < -0.3 is 4.74 Å². The third-order valence-electron chi connectivity index (χ3n) is 5.46. The maximum Gasteiger partial charge on any atom is 0.247 e. The van der Waals surface area contributed by atoms with Gasteiger partial charge >= 0.3 is 0 Å². The van der Waals surface area contributed by atoms with Crippen LogP contribution in [-0.4, -0.2) is 59.2 Å². The molecule has 2 atom stereocenters. The van der Waals surface area contributed by atoms with E-state index in [1.165, 1.54) is 5.56 Å². The van der Waals surface area contributed by atoms with Crippen molar-refractivity contribution in [1.29, 1.82) is 0 Å². The molecular weight excluding hydrogens is 364 g/mol. The average Bonchev–Trinajstić information content (AvgIpc) is 2.91. The predicted molar refractivity (Wildman–Crippen MR) is 102 cm³/mol. The van der Waals surface area contributed by atoms with Gasteiger partial charge in [-0.05, 0) is 25.0 Å². The highest BCUT2D eigenvalue weighted by molar-refractivity contribution is 7.89. The van der Waals surface area contributed by atoms with Crippen molar-refractivity contribution in [2.45, 2.75) is 43.4 Å². The lowest BCUT2D eigenvalue weighted by molar-refractivity contribution is 0.115. The number of fused-ring (bicyclic) bond motifs is 2. The first-order valence-corrected chi connectivity index (χ1v) is 10.9. The summed E-state index contributed by atoms with van der Waals surface area (Å²) in [5, 5.41) is 4.24. The Bertz CT molecular complexity index is 911. The topological polar surface area (TPSA) is 67.7 Å². The van der Waals surface area contributed by atoms with Crippen molar-refractivity contribution in [3.05, 3.63) is 42.2 Å². The van der Waals surface area contributed by atoms with E-state index in [4.69, 9.17) is 4.74 Å². The summed E-state index contributed by atoms with van der Waals surface area (Å²) in [6.45, 7) is 4.88. The van der Waals surface area contributed by atoms with Gasteiger partial charge in [0.15, 0.2) is 0 Å². The molecule has 1 saturated heterocycles. The van der Waals surface area contributed by atoms with Gasteiger partial charge in [-0.2, -0.15) is 9.40 Å². The van der Waals surface area contributed by atoms with Crippen LogP contribution in [-0.2, 0) is 23.6 Å². The zero-order chi connectivity index (χ0) is 19.0. The van der Waals surface area contributed by atoms with Crippen LogP contribution in [0.3, 0.4) is 0 Å². The summed E-state index contributed by atoms with van der Waals surface area (Å²) in [6.07, 6.45) is 5.33. The number of hydrogen-bond acceptors (Lipinski definition) is 5. The Balaban J connectivity index is 1.60. The van der Waals surface area contributed by atoms with Crippen LogP contribution in [0.1, 0.15) is 25.3 Å². The molecule has 0 N–H and O–H groups in total. The maximum atomic E-state index is 13.2. The number of likely N-dealkylation sites (tertiary alicyclic amines) is 1. The van der Waals surface area contributed by atoms with E-state index in [-0.39, 0.29) is 17.0 Å². The molecule has 0 bridgehead atoms. The van der Waals surface area contributed by atoms with Gasteiger partial charge in [0.05, 0.1) is 12.2 Å². The second-order valence-corrected chi connectivity index (χ2v) is 9.11. The van der Waals surface area contributed by atoms with Crippen LogP contribution in [0.5, 0.6) is 5.75 Å². The molecule has 0 amide bonds. The number of hydrogen-bond donors (Lipinski definition) is 0. The molecule has 3 heterocycles. The normalized spacial score (nSPS) is 25.7. The third-order valence-corrected chi connectivity index (χ3v) is 7.50. The number of aromatic nitrogens is 2.